The number of amides is 2. The molecular formula is C13H17NO5. The smallest absolute Gasteiger partial charge is 0.295 e. The van der Waals surface area contributed by atoms with E-state index in [1.54, 1.807) is 0 Å². The summed E-state index contributed by atoms with van der Waals surface area (Å²) in [5, 5.41) is 2.30. The molecule has 1 atom stereocenters. The van der Waals surface area contributed by atoms with Crippen molar-refractivity contribution in [2.24, 2.45) is 11.3 Å². The van der Waals surface area contributed by atoms with Crippen LogP contribution in [0.2, 0.25) is 0 Å². The molecule has 0 radical (unpaired) electrons. The second-order valence-electron chi connectivity index (χ2n) is 4.91. The Labute approximate surface area is 111 Å². The van der Waals surface area contributed by atoms with Crippen molar-refractivity contribution in [2.75, 3.05) is 6.61 Å². The van der Waals surface area contributed by atoms with Gasteiger partial charge in [-0.05, 0) is 25.2 Å². The molecule has 0 aromatic carbocycles. The van der Waals surface area contributed by atoms with Gasteiger partial charge in [0.05, 0.1) is 6.61 Å². The Morgan fingerprint density at radius 1 is 1.42 bits per heavy atom. The molecule has 1 saturated heterocycles. The van der Waals surface area contributed by atoms with Crippen LogP contribution in [0.3, 0.4) is 0 Å². The summed E-state index contributed by atoms with van der Waals surface area (Å²) in [6.07, 6.45) is 4.84. The first-order valence-electron chi connectivity index (χ1n) is 6.43. The van der Waals surface area contributed by atoms with E-state index in [9.17, 15) is 14.4 Å². The fourth-order valence-electron chi connectivity index (χ4n) is 2.92. The highest BCUT2D eigenvalue weighted by atomic mass is 17.2. The van der Waals surface area contributed by atoms with E-state index in [1.165, 1.54) is 0 Å². The first-order valence-corrected chi connectivity index (χ1v) is 6.43. The molecule has 1 unspecified atom stereocenters. The lowest BCUT2D eigenvalue weighted by Crippen LogP contribution is -2.68. The molecular weight excluding hydrogens is 250 g/mol. The molecule has 1 aliphatic heterocycles. The van der Waals surface area contributed by atoms with Crippen LogP contribution in [0.25, 0.3) is 0 Å². The highest BCUT2D eigenvalue weighted by Crippen LogP contribution is 2.47. The van der Waals surface area contributed by atoms with Gasteiger partial charge in [-0.1, -0.05) is 19.4 Å². The SMILES string of the molecule is C=CC(=O)OOCCC1CCCCC12C(=O)NC2=O. The summed E-state index contributed by atoms with van der Waals surface area (Å²) < 4.78 is 0. The topological polar surface area (TPSA) is 81.7 Å². The van der Waals surface area contributed by atoms with Gasteiger partial charge in [-0.15, -0.1) is 0 Å². The summed E-state index contributed by atoms with van der Waals surface area (Å²) in [6.45, 7) is 3.42. The number of nitrogens with one attached hydrogen (secondary N) is 1. The number of hydrogen-bond acceptors (Lipinski definition) is 5. The van der Waals surface area contributed by atoms with Gasteiger partial charge in [0.1, 0.15) is 5.41 Å². The molecule has 1 heterocycles. The minimum Gasteiger partial charge on any atom is -0.295 e. The first-order chi connectivity index (χ1) is 9.11. The molecule has 2 amide bonds. The molecule has 104 valence electrons. The van der Waals surface area contributed by atoms with Gasteiger partial charge < -0.3 is 0 Å². The molecule has 19 heavy (non-hydrogen) atoms. The third kappa shape index (κ3) is 2.40. The second-order valence-corrected chi connectivity index (χ2v) is 4.91. The lowest BCUT2D eigenvalue weighted by atomic mass is 9.60. The Bertz CT molecular complexity index is 403. The van der Waals surface area contributed by atoms with E-state index < -0.39 is 11.4 Å². The first kappa shape index (κ1) is 13.7. The summed E-state index contributed by atoms with van der Waals surface area (Å²) in [5.74, 6) is -1.05. The van der Waals surface area contributed by atoms with Gasteiger partial charge in [0, 0.05) is 6.08 Å². The minimum atomic E-state index is -0.857. The van der Waals surface area contributed by atoms with Gasteiger partial charge >= 0.3 is 5.97 Å². The Kier molecular flexibility index (Phi) is 3.99. The van der Waals surface area contributed by atoms with Crippen LogP contribution in [0.5, 0.6) is 0 Å². The van der Waals surface area contributed by atoms with Crippen molar-refractivity contribution in [1.29, 1.82) is 0 Å². The predicted octanol–water partition coefficient (Wildman–Crippen LogP) is 0.870. The summed E-state index contributed by atoms with van der Waals surface area (Å²) in [7, 11) is 0. The maximum absolute atomic E-state index is 11.7. The molecule has 0 aromatic heterocycles. The molecule has 6 nitrogen and oxygen atoms in total. The molecule has 1 aliphatic carbocycles. The van der Waals surface area contributed by atoms with Gasteiger partial charge in [-0.2, -0.15) is 4.89 Å². The second kappa shape index (κ2) is 5.52. The van der Waals surface area contributed by atoms with Crippen molar-refractivity contribution < 1.29 is 24.2 Å². The zero-order valence-electron chi connectivity index (χ0n) is 10.6. The third-order valence-electron chi connectivity index (χ3n) is 3.97. The molecule has 2 aliphatic rings. The number of hydrogen-bond donors (Lipinski definition) is 1. The molecule has 2 rings (SSSR count). The monoisotopic (exact) mass is 267 g/mol. The Morgan fingerprint density at radius 3 is 2.79 bits per heavy atom. The van der Waals surface area contributed by atoms with Crippen LogP contribution < -0.4 is 5.32 Å². The zero-order chi connectivity index (χ0) is 13.9. The van der Waals surface area contributed by atoms with Crippen LogP contribution in [-0.2, 0) is 24.2 Å². The van der Waals surface area contributed by atoms with Crippen LogP contribution in [0.1, 0.15) is 32.1 Å². The van der Waals surface area contributed by atoms with Gasteiger partial charge in [0.2, 0.25) is 11.8 Å². The normalized spacial score (nSPS) is 24.5. The molecule has 0 aromatic rings. The Hall–Kier alpha value is -1.69. The lowest BCUT2D eigenvalue weighted by Gasteiger charge is -2.46. The minimum absolute atomic E-state index is 0.0371. The van der Waals surface area contributed by atoms with Gasteiger partial charge in [-0.25, -0.2) is 4.79 Å². The molecule has 1 saturated carbocycles. The van der Waals surface area contributed by atoms with Crippen LogP contribution in [0.4, 0.5) is 0 Å². The zero-order valence-corrected chi connectivity index (χ0v) is 10.6. The van der Waals surface area contributed by atoms with Gasteiger partial charge in [0.25, 0.3) is 0 Å². The van der Waals surface area contributed by atoms with Crippen molar-refractivity contribution in [2.45, 2.75) is 32.1 Å². The highest BCUT2D eigenvalue weighted by molar-refractivity contribution is 6.22. The predicted molar refractivity (Wildman–Crippen MR) is 64.4 cm³/mol. The van der Waals surface area contributed by atoms with E-state index in [-0.39, 0.29) is 24.3 Å². The summed E-state index contributed by atoms with van der Waals surface area (Å²) in [4.78, 5) is 43.4. The summed E-state index contributed by atoms with van der Waals surface area (Å²) in [5.41, 5.74) is -0.857. The molecule has 6 heteroatoms. The summed E-state index contributed by atoms with van der Waals surface area (Å²) >= 11 is 0. The van der Waals surface area contributed by atoms with Crippen LogP contribution >= 0.6 is 0 Å². The maximum atomic E-state index is 11.7. The number of rotatable bonds is 5. The van der Waals surface area contributed by atoms with Crippen molar-refractivity contribution in [3.63, 3.8) is 0 Å². The van der Waals surface area contributed by atoms with Crippen LogP contribution in [0.15, 0.2) is 12.7 Å². The largest absolute Gasteiger partial charge is 0.365 e. The lowest BCUT2D eigenvalue weighted by molar-refractivity contribution is -0.269. The van der Waals surface area contributed by atoms with Gasteiger partial charge in [0.15, 0.2) is 0 Å². The molecule has 2 fully saturated rings. The van der Waals surface area contributed by atoms with Crippen molar-refractivity contribution in [3.8, 4) is 0 Å². The average Bonchev–Trinajstić information content (AvgIpc) is 2.43. The third-order valence-corrected chi connectivity index (χ3v) is 3.97. The maximum Gasteiger partial charge on any atom is 0.365 e. The highest BCUT2D eigenvalue weighted by Gasteiger charge is 2.59. The van der Waals surface area contributed by atoms with Crippen molar-refractivity contribution in [3.05, 3.63) is 12.7 Å². The fraction of sp³-hybridized carbons (Fsp3) is 0.615. The van der Waals surface area contributed by atoms with Crippen LogP contribution in [0, 0.1) is 11.3 Å². The van der Waals surface area contributed by atoms with Crippen molar-refractivity contribution in [1.82, 2.24) is 5.32 Å². The standard InChI is InChI=1S/C13H17NO5/c1-2-10(15)19-18-8-6-9-5-3-4-7-13(9)11(16)14-12(13)17/h2,9H,1,3-8H2,(H,14,16,17). The van der Waals surface area contributed by atoms with E-state index in [0.29, 0.717) is 12.8 Å². The Balaban J connectivity index is 1.87. The van der Waals surface area contributed by atoms with E-state index in [1.807, 2.05) is 0 Å². The molecule has 0 bridgehead atoms. The van der Waals surface area contributed by atoms with E-state index in [2.05, 4.69) is 16.8 Å². The van der Waals surface area contributed by atoms with E-state index in [0.717, 1.165) is 25.3 Å². The van der Waals surface area contributed by atoms with E-state index >= 15 is 0 Å². The number of β-lactam (4-membered cyclic amide) rings is 2. The Morgan fingerprint density at radius 2 is 2.16 bits per heavy atom. The van der Waals surface area contributed by atoms with Crippen LogP contribution in [-0.4, -0.2) is 24.4 Å². The van der Waals surface area contributed by atoms with Gasteiger partial charge in [-0.3, -0.25) is 19.8 Å². The quantitative estimate of drug-likeness (QED) is 0.200. The molecule has 1 spiro atoms. The number of imide groups is 1. The van der Waals surface area contributed by atoms with E-state index in [4.69, 9.17) is 4.89 Å². The number of carbonyl (C=O) groups excluding carboxylic acids is 3. The fourth-order valence-corrected chi connectivity index (χ4v) is 2.92. The molecule has 1 N–H and O–H groups in total. The summed E-state index contributed by atoms with van der Waals surface area (Å²) in [6, 6.07) is 0. The average molecular weight is 267 g/mol. The van der Waals surface area contributed by atoms with Crippen molar-refractivity contribution >= 4 is 17.8 Å². The number of carbonyl (C=O) groups is 3.